The summed E-state index contributed by atoms with van der Waals surface area (Å²) in [6.07, 6.45) is 2.20. The molecule has 0 radical (unpaired) electrons. The van der Waals surface area contributed by atoms with Crippen LogP contribution < -0.4 is 5.32 Å². The van der Waals surface area contributed by atoms with E-state index in [2.05, 4.69) is 5.32 Å². The average molecular weight is 311 g/mol. The number of benzene rings is 1. The highest BCUT2D eigenvalue weighted by atomic mass is 32.2. The zero-order chi connectivity index (χ0) is 15.1. The maximum atomic E-state index is 12.0. The molecule has 6 heteroatoms. The highest BCUT2D eigenvalue weighted by Crippen LogP contribution is 2.14. The summed E-state index contributed by atoms with van der Waals surface area (Å²) >= 11 is 0. The Labute approximate surface area is 125 Å². The van der Waals surface area contributed by atoms with Crippen LogP contribution in [-0.4, -0.2) is 39.3 Å². The highest BCUT2D eigenvalue weighted by Gasteiger charge is 2.19. The Morgan fingerprint density at radius 2 is 2.05 bits per heavy atom. The number of nitrogens with one attached hydrogen (secondary N) is 1. The predicted molar refractivity (Wildman–Crippen MR) is 80.5 cm³/mol. The van der Waals surface area contributed by atoms with Crippen molar-refractivity contribution in [3.05, 3.63) is 35.9 Å². The number of sulfone groups is 1. The van der Waals surface area contributed by atoms with Crippen LogP contribution in [-0.2, 0) is 25.1 Å². The number of ether oxygens (including phenoxy) is 1. The van der Waals surface area contributed by atoms with Gasteiger partial charge in [0.15, 0.2) is 9.84 Å². The zero-order valence-corrected chi connectivity index (χ0v) is 12.8. The summed E-state index contributed by atoms with van der Waals surface area (Å²) in [5.41, 5.74) is 0.767. The molecule has 1 fully saturated rings. The van der Waals surface area contributed by atoms with Gasteiger partial charge in [0, 0.05) is 13.2 Å². The Kier molecular flexibility index (Phi) is 5.76. The zero-order valence-electron chi connectivity index (χ0n) is 12.0. The Hall–Kier alpha value is -1.40. The number of rotatable bonds is 7. The molecule has 0 spiro atoms. The highest BCUT2D eigenvalue weighted by molar-refractivity contribution is 7.90. The molecule has 1 heterocycles. The van der Waals surface area contributed by atoms with Gasteiger partial charge in [-0.05, 0) is 18.4 Å². The number of hydrogen-bond donors (Lipinski definition) is 1. The third kappa shape index (κ3) is 5.85. The quantitative estimate of drug-likeness (QED) is 0.823. The van der Waals surface area contributed by atoms with E-state index in [1.807, 2.05) is 18.2 Å². The first-order valence-electron chi connectivity index (χ1n) is 7.18. The largest absolute Gasteiger partial charge is 0.378 e. The lowest BCUT2D eigenvalue weighted by atomic mass is 10.2. The summed E-state index contributed by atoms with van der Waals surface area (Å²) in [6, 6.07) is 9.05. The molecule has 1 saturated heterocycles. The van der Waals surface area contributed by atoms with Gasteiger partial charge in [-0.25, -0.2) is 8.42 Å². The molecule has 0 bridgehead atoms. The van der Waals surface area contributed by atoms with Crippen molar-refractivity contribution in [2.45, 2.75) is 31.1 Å². The van der Waals surface area contributed by atoms with Gasteiger partial charge in [0.25, 0.3) is 0 Å². The van der Waals surface area contributed by atoms with Gasteiger partial charge < -0.3 is 10.1 Å². The van der Waals surface area contributed by atoms with E-state index in [0.29, 0.717) is 13.0 Å². The lowest BCUT2D eigenvalue weighted by Crippen LogP contribution is -2.31. The SMILES string of the molecule is O=C(CC1CCCO1)NCCS(=O)(=O)Cc1ccccc1. The van der Waals surface area contributed by atoms with Crippen LogP contribution in [0.15, 0.2) is 30.3 Å². The van der Waals surface area contributed by atoms with Gasteiger partial charge in [-0.15, -0.1) is 0 Å². The summed E-state index contributed by atoms with van der Waals surface area (Å²) in [7, 11) is -3.20. The van der Waals surface area contributed by atoms with Crippen LogP contribution in [0.4, 0.5) is 0 Å². The van der Waals surface area contributed by atoms with Crippen molar-refractivity contribution in [3.8, 4) is 0 Å². The number of hydrogen-bond acceptors (Lipinski definition) is 4. The van der Waals surface area contributed by atoms with Crippen molar-refractivity contribution in [1.29, 1.82) is 0 Å². The second-order valence-corrected chi connectivity index (χ2v) is 7.45. The molecule has 0 saturated carbocycles. The summed E-state index contributed by atoms with van der Waals surface area (Å²) in [5.74, 6) is -0.175. The Balaban J connectivity index is 1.70. The maximum Gasteiger partial charge on any atom is 0.222 e. The fourth-order valence-electron chi connectivity index (χ4n) is 2.33. The molecule has 1 unspecified atom stereocenters. The topological polar surface area (TPSA) is 72.5 Å². The second kappa shape index (κ2) is 7.56. The van der Waals surface area contributed by atoms with E-state index >= 15 is 0 Å². The normalized spacial score (nSPS) is 18.6. The molecule has 5 nitrogen and oxygen atoms in total. The molecule has 21 heavy (non-hydrogen) atoms. The maximum absolute atomic E-state index is 12.0. The molecule has 1 aliphatic rings. The van der Waals surface area contributed by atoms with Crippen molar-refractivity contribution < 1.29 is 17.9 Å². The average Bonchev–Trinajstić information content (AvgIpc) is 2.91. The van der Waals surface area contributed by atoms with E-state index in [0.717, 1.165) is 18.4 Å². The van der Waals surface area contributed by atoms with Crippen LogP contribution >= 0.6 is 0 Å². The Morgan fingerprint density at radius 1 is 1.29 bits per heavy atom. The summed E-state index contributed by atoms with van der Waals surface area (Å²) < 4.78 is 29.3. The first kappa shape index (κ1) is 16.0. The minimum absolute atomic E-state index is 0.00840. The van der Waals surface area contributed by atoms with Gasteiger partial charge in [-0.2, -0.15) is 0 Å². The third-order valence-corrected chi connectivity index (χ3v) is 5.00. The van der Waals surface area contributed by atoms with E-state index < -0.39 is 9.84 Å². The molecule has 2 rings (SSSR count). The smallest absolute Gasteiger partial charge is 0.222 e. The molecular weight excluding hydrogens is 290 g/mol. The van der Waals surface area contributed by atoms with Crippen molar-refractivity contribution >= 4 is 15.7 Å². The minimum Gasteiger partial charge on any atom is -0.378 e. The Morgan fingerprint density at radius 3 is 2.71 bits per heavy atom. The van der Waals surface area contributed by atoms with E-state index in [-0.39, 0.29) is 30.1 Å². The Bertz CT molecular complexity index is 550. The van der Waals surface area contributed by atoms with Gasteiger partial charge in [-0.3, -0.25) is 4.79 Å². The molecule has 1 aliphatic heterocycles. The monoisotopic (exact) mass is 311 g/mol. The van der Waals surface area contributed by atoms with Crippen LogP contribution in [0.25, 0.3) is 0 Å². The van der Waals surface area contributed by atoms with Crippen LogP contribution in [0, 0.1) is 0 Å². The van der Waals surface area contributed by atoms with Crippen LogP contribution in [0.5, 0.6) is 0 Å². The van der Waals surface area contributed by atoms with Gasteiger partial charge in [0.1, 0.15) is 0 Å². The van der Waals surface area contributed by atoms with Gasteiger partial charge in [0.2, 0.25) is 5.91 Å². The van der Waals surface area contributed by atoms with Crippen LogP contribution in [0.3, 0.4) is 0 Å². The van der Waals surface area contributed by atoms with Gasteiger partial charge in [-0.1, -0.05) is 30.3 Å². The summed E-state index contributed by atoms with van der Waals surface area (Å²) in [4.78, 5) is 11.7. The fourth-order valence-corrected chi connectivity index (χ4v) is 3.59. The number of amides is 1. The van der Waals surface area contributed by atoms with Crippen LogP contribution in [0.1, 0.15) is 24.8 Å². The predicted octanol–water partition coefficient (Wildman–Crippen LogP) is 1.29. The molecule has 1 aromatic rings. The van der Waals surface area contributed by atoms with E-state index in [9.17, 15) is 13.2 Å². The lowest BCUT2D eigenvalue weighted by Gasteiger charge is -2.10. The molecular formula is C15H21NO4S. The van der Waals surface area contributed by atoms with E-state index in [4.69, 9.17) is 4.74 Å². The van der Waals surface area contributed by atoms with Crippen molar-refractivity contribution in [3.63, 3.8) is 0 Å². The number of carbonyl (C=O) groups excluding carboxylic acids is 1. The molecule has 0 aromatic heterocycles. The molecule has 1 atom stereocenters. The molecule has 1 amide bonds. The lowest BCUT2D eigenvalue weighted by molar-refractivity contribution is -0.123. The van der Waals surface area contributed by atoms with Crippen molar-refractivity contribution in [2.75, 3.05) is 18.9 Å². The molecule has 116 valence electrons. The molecule has 0 aliphatic carbocycles. The van der Waals surface area contributed by atoms with Crippen molar-refractivity contribution in [2.24, 2.45) is 0 Å². The van der Waals surface area contributed by atoms with Crippen molar-refractivity contribution in [1.82, 2.24) is 5.32 Å². The van der Waals surface area contributed by atoms with E-state index in [1.54, 1.807) is 12.1 Å². The summed E-state index contributed by atoms with van der Waals surface area (Å²) in [5, 5.41) is 2.65. The summed E-state index contributed by atoms with van der Waals surface area (Å²) in [6.45, 7) is 0.865. The first-order valence-corrected chi connectivity index (χ1v) is 9.00. The van der Waals surface area contributed by atoms with Gasteiger partial charge >= 0.3 is 0 Å². The first-order chi connectivity index (χ1) is 10.1. The van der Waals surface area contributed by atoms with E-state index in [1.165, 1.54) is 0 Å². The molecule has 1 aromatic carbocycles. The standard InChI is InChI=1S/C15H21NO4S/c17-15(11-14-7-4-9-20-14)16-8-10-21(18,19)12-13-5-2-1-3-6-13/h1-3,5-6,14H,4,7-12H2,(H,16,17). The molecule has 1 N–H and O–H groups in total. The van der Waals surface area contributed by atoms with Gasteiger partial charge in [0.05, 0.1) is 24.0 Å². The van der Waals surface area contributed by atoms with Crippen LogP contribution in [0.2, 0.25) is 0 Å². The third-order valence-electron chi connectivity index (χ3n) is 3.40. The second-order valence-electron chi connectivity index (χ2n) is 5.27. The minimum atomic E-state index is -3.20. The number of carbonyl (C=O) groups is 1. The fraction of sp³-hybridized carbons (Fsp3) is 0.533.